The summed E-state index contributed by atoms with van der Waals surface area (Å²) in [5.41, 5.74) is 1.02. The van der Waals surface area contributed by atoms with Gasteiger partial charge in [0.1, 0.15) is 0 Å². The molecule has 0 radical (unpaired) electrons. The summed E-state index contributed by atoms with van der Waals surface area (Å²) in [6.07, 6.45) is 0.565. The van der Waals surface area contributed by atoms with Crippen LogP contribution in [-0.2, 0) is 16.5 Å². The number of halogens is 2. The number of imidazole rings is 1. The molecule has 0 saturated carbocycles. The van der Waals surface area contributed by atoms with Gasteiger partial charge in [-0.2, -0.15) is 8.78 Å². The van der Waals surface area contributed by atoms with E-state index in [-0.39, 0.29) is 22.3 Å². The van der Waals surface area contributed by atoms with Gasteiger partial charge in [-0.3, -0.25) is 9.47 Å². The van der Waals surface area contributed by atoms with Crippen molar-refractivity contribution in [2.75, 3.05) is 18.1 Å². The number of benzene rings is 1. The van der Waals surface area contributed by atoms with Gasteiger partial charge in [0.15, 0.2) is 14.6 Å². The summed E-state index contributed by atoms with van der Waals surface area (Å²) in [4.78, 5) is 2.06. The van der Waals surface area contributed by atoms with Gasteiger partial charge in [-0.15, -0.1) is 0 Å². The minimum absolute atomic E-state index is 0.0517. The molecule has 1 unspecified atom stereocenters. The molecule has 0 spiro atoms. The Balaban J connectivity index is 2.02. The highest BCUT2D eigenvalue weighted by molar-refractivity contribution is 7.91. The summed E-state index contributed by atoms with van der Waals surface area (Å²) in [5.74, 6) is 0.604. The highest BCUT2D eigenvalue weighted by Gasteiger charge is 2.33. The average molecular weight is 404 g/mol. The summed E-state index contributed by atoms with van der Waals surface area (Å²) < 4.78 is 53.4. The monoisotopic (exact) mass is 403 g/mol. The van der Waals surface area contributed by atoms with Crippen LogP contribution in [0.25, 0.3) is 11.0 Å². The molecule has 5 nitrogen and oxygen atoms in total. The first-order chi connectivity index (χ1) is 12.2. The number of hydrogen-bond acceptors (Lipinski definition) is 4. The van der Waals surface area contributed by atoms with Crippen molar-refractivity contribution in [1.82, 2.24) is 14.0 Å². The Morgan fingerprint density at radius 1 is 1.27 bits per heavy atom. The highest BCUT2D eigenvalue weighted by Crippen LogP contribution is 2.26. The molecule has 1 aromatic heterocycles. The zero-order valence-corrected chi connectivity index (χ0v) is 16.4. The maximum absolute atomic E-state index is 13.5. The number of hydrogen-bond donors (Lipinski definition) is 0. The van der Waals surface area contributed by atoms with Crippen molar-refractivity contribution in [2.24, 2.45) is 5.92 Å². The van der Waals surface area contributed by atoms with Gasteiger partial charge in [0.05, 0.1) is 29.2 Å². The molecule has 9 heteroatoms. The van der Waals surface area contributed by atoms with E-state index in [1.54, 1.807) is 28.8 Å². The number of alkyl halides is 2. The molecule has 1 aromatic carbocycles. The average Bonchev–Trinajstić information content (AvgIpc) is 3.04. The zero-order valence-electron chi connectivity index (χ0n) is 14.8. The van der Waals surface area contributed by atoms with Gasteiger partial charge in [0, 0.05) is 12.6 Å². The molecule has 26 heavy (non-hydrogen) atoms. The summed E-state index contributed by atoms with van der Waals surface area (Å²) in [6.45, 7) is 2.36. The van der Waals surface area contributed by atoms with Crippen LogP contribution >= 0.6 is 12.2 Å². The smallest absolute Gasteiger partial charge is 0.303 e. The van der Waals surface area contributed by atoms with Crippen molar-refractivity contribution >= 4 is 33.1 Å². The number of para-hydroxylation sites is 2. The summed E-state index contributed by atoms with van der Waals surface area (Å²) >= 11 is 5.32. The van der Waals surface area contributed by atoms with Crippen molar-refractivity contribution in [2.45, 2.75) is 39.5 Å². The second-order valence-corrected chi connectivity index (χ2v) is 9.80. The van der Waals surface area contributed by atoms with Crippen LogP contribution in [0.2, 0.25) is 0 Å². The summed E-state index contributed by atoms with van der Waals surface area (Å²) in [7, 11) is -3.03. The molecule has 1 aliphatic heterocycles. The minimum atomic E-state index is -3.03. The Bertz CT molecular complexity index is 951. The van der Waals surface area contributed by atoms with Crippen molar-refractivity contribution in [3.8, 4) is 0 Å². The van der Waals surface area contributed by atoms with Crippen molar-refractivity contribution in [3.63, 3.8) is 0 Å². The predicted molar refractivity (Wildman–Crippen MR) is 101 cm³/mol. The Morgan fingerprint density at radius 3 is 2.46 bits per heavy atom. The van der Waals surface area contributed by atoms with E-state index >= 15 is 0 Å². The molecule has 2 heterocycles. The second kappa shape index (κ2) is 7.36. The van der Waals surface area contributed by atoms with E-state index in [1.165, 1.54) is 0 Å². The van der Waals surface area contributed by atoms with Crippen LogP contribution in [0.4, 0.5) is 8.78 Å². The van der Waals surface area contributed by atoms with Crippen molar-refractivity contribution < 1.29 is 17.2 Å². The van der Waals surface area contributed by atoms with Crippen molar-refractivity contribution in [1.29, 1.82) is 0 Å². The van der Waals surface area contributed by atoms with Gasteiger partial charge in [0.25, 0.3) is 0 Å². The van der Waals surface area contributed by atoms with E-state index in [4.69, 9.17) is 12.2 Å². The molecule has 0 N–H and O–H groups in total. The SMILES string of the molecule is CC(C)CN(Cn1c(=S)n(C(F)F)c2ccccc21)C1CCS(=O)(=O)C1. The molecular formula is C17H23F2N3O2S2. The predicted octanol–water partition coefficient (Wildman–Crippen LogP) is 3.67. The first kappa shape index (κ1) is 19.4. The zero-order chi connectivity index (χ0) is 19.1. The molecule has 144 valence electrons. The van der Waals surface area contributed by atoms with Crippen LogP contribution < -0.4 is 0 Å². The van der Waals surface area contributed by atoms with Crippen LogP contribution in [-0.4, -0.2) is 46.5 Å². The minimum Gasteiger partial charge on any atom is -0.303 e. The molecule has 3 rings (SSSR count). The van der Waals surface area contributed by atoms with Gasteiger partial charge in [-0.25, -0.2) is 8.42 Å². The Hall–Kier alpha value is -1.32. The summed E-state index contributed by atoms with van der Waals surface area (Å²) in [6, 6.07) is 6.77. The normalized spacial score (nSPS) is 20.0. The van der Waals surface area contributed by atoms with E-state index in [9.17, 15) is 17.2 Å². The molecule has 1 fully saturated rings. The van der Waals surface area contributed by atoms with Crippen LogP contribution in [0.3, 0.4) is 0 Å². The lowest BCUT2D eigenvalue weighted by molar-refractivity contribution is 0.0708. The molecule has 1 atom stereocenters. The van der Waals surface area contributed by atoms with Crippen LogP contribution in [0, 0.1) is 10.7 Å². The van der Waals surface area contributed by atoms with Crippen LogP contribution in [0.5, 0.6) is 0 Å². The number of nitrogens with zero attached hydrogens (tertiary/aromatic N) is 3. The van der Waals surface area contributed by atoms with Gasteiger partial charge in [-0.05, 0) is 36.7 Å². The fraction of sp³-hybridized carbons (Fsp3) is 0.588. The quantitative estimate of drug-likeness (QED) is 0.691. The molecule has 1 saturated heterocycles. The number of sulfone groups is 1. The lowest BCUT2D eigenvalue weighted by atomic mass is 10.1. The van der Waals surface area contributed by atoms with E-state index in [0.29, 0.717) is 36.6 Å². The molecule has 0 amide bonds. The number of aromatic nitrogens is 2. The van der Waals surface area contributed by atoms with E-state index in [0.717, 1.165) is 4.57 Å². The fourth-order valence-electron chi connectivity index (χ4n) is 3.59. The first-order valence-electron chi connectivity index (χ1n) is 8.62. The molecule has 0 aliphatic carbocycles. The third-order valence-corrected chi connectivity index (χ3v) is 6.88. The largest absolute Gasteiger partial charge is 0.321 e. The molecule has 0 bridgehead atoms. The second-order valence-electron chi connectivity index (χ2n) is 7.21. The summed E-state index contributed by atoms with van der Waals surface area (Å²) in [5, 5.41) is 0. The lowest BCUT2D eigenvalue weighted by Gasteiger charge is -2.30. The topological polar surface area (TPSA) is 47.2 Å². The van der Waals surface area contributed by atoms with Gasteiger partial charge < -0.3 is 4.57 Å². The van der Waals surface area contributed by atoms with E-state index in [1.807, 2.05) is 0 Å². The fourth-order valence-corrected chi connectivity index (χ4v) is 5.69. The molecule has 2 aromatic rings. The van der Waals surface area contributed by atoms with Gasteiger partial charge >= 0.3 is 6.55 Å². The van der Waals surface area contributed by atoms with Crippen LogP contribution in [0.15, 0.2) is 24.3 Å². The lowest BCUT2D eigenvalue weighted by Crippen LogP contribution is -2.40. The maximum Gasteiger partial charge on any atom is 0.321 e. The van der Waals surface area contributed by atoms with Gasteiger partial charge in [0.2, 0.25) is 0 Å². The van der Waals surface area contributed by atoms with E-state index in [2.05, 4.69) is 18.7 Å². The Labute approximate surface area is 157 Å². The molecular weight excluding hydrogens is 380 g/mol. The highest BCUT2D eigenvalue weighted by atomic mass is 32.2. The third kappa shape index (κ3) is 3.84. The first-order valence-corrected chi connectivity index (χ1v) is 10.8. The van der Waals surface area contributed by atoms with Crippen LogP contribution in [0.1, 0.15) is 26.8 Å². The standard InChI is InChI=1S/C17H23F2N3O2S2/c1-12(2)9-20(13-7-8-26(23,24)10-13)11-21-14-5-3-4-6-15(14)22(16(18)19)17(21)25/h3-6,12-13,16H,7-11H2,1-2H3. The Kier molecular flexibility index (Phi) is 5.50. The Morgan fingerprint density at radius 2 is 1.92 bits per heavy atom. The van der Waals surface area contributed by atoms with Gasteiger partial charge in [-0.1, -0.05) is 26.0 Å². The van der Waals surface area contributed by atoms with Crippen molar-refractivity contribution in [3.05, 3.63) is 29.0 Å². The third-order valence-electron chi connectivity index (χ3n) is 4.71. The maximum atomic E-state index is 13.5. The number of fused-ring (bicyclic) bond motifs is 1. The number of rotatable bonds is 6. The van der Waals surface area contributed by atoms with E-state index < -0.39 is 16.4 Å². The molecule has 1 aliphatic rings.